The Labute approximate surface area is 180 Å². The lowest BCUT2D eigenvalue weighted by Gasteiger charge is -2.09. The average molecular weight is 420 g/mol. The summed E-state index contributed by atoms with van der Waals surface area (Å²) in [5, 5.41) is 11.3. The zero-order valence-electron chi connectivity index (χ0n) is 17.1. The summed E-state index contributed by atoms with van der Waals surface area (Å²) in [5.41, 5.74) is 2.35. The highest BCUT2D eigenvalue weighted by Crippen LogP contribution is 2.12. The maximum Gasteiger partial charge on any atom is 0.251 e. The van der Waals surface area contributed by atoms with Gasteiger partial charge in [-0.25, -0.2) is 0 Å². The van der Waals surface area contributed by atoms with Crippen molar-refractivity contribution >= 4 is 29.1 Å². The number of furan rings is 1. The van der Waals surface area contributed by atoms with Gasteiger partial charge in [0.25, 0.3) is 11.8 Å². The van der Waals surface area contributed by atoms with Crippen LogP contribution in [0.4, 0.5) is 11.4 Å². The van der Waals surface area contributed by atoms with E-state index in [-0.39, 0.29) is 24.3 Å². The zero-order chi connectivity index (χ0) is 22.1. The first-order chi connectivity index (χ1) is 15.0. The quantitative estimate of drug-likeness (QED) is 0.425. The molecule has 3 rings (SSSR count). The molecule has 0 aliphatic rings. The lowest BCUT2D eigenvalue weighted by Crippen LogP contribution is -2.23. The molecule has 0 atom stereocenters. The summed E-state index contributed by atoms with van der Waals surface area (Å²) in [5.74, 6) is 0.0828. The maximum absolute atomic E-state index is 12.2. The lowest BCUT2D eigenvalue weighted by atomic mass is 10.2. The van der Waals surface area contributed by atoms with Crippen LogP contribution in [-0.4, -0.2) is 30.8 Å². The van der Waals surface area contributed by atoms with Gasteiger partial charge in [-0.2, -0.15) is 0 Å². The Morgan fingerprint density at radius 3 is 2.00 bits per heavy atom. The predicted molar refractivity (Wildman–Crippen MR) is 118 cm³/mol. The number of carbonyl (C=O) groups excluding carboxylic acids is 3. The topological polar surface area (TPSA) is 112 Å². The Bertz CT molecular complexity index is 1010. The third-order valence-corrected chi connectivity index (χ3v) is 4.37. The van der Waals surface area contributed by atoms with Gasteiger partial charge < -0.3 is 25.7 Å². The van der Waals surface area contributed by atoms with Gasteiger partial charge in [-0.3, -0.25) is 14.4 Å². The number of hydrogen-bond acceptors (Lipinski definition) is 5. The summed E-state index contributed by atoms with van der Waals surface area (Å²) in [6.07, 6.45) is 1.55. The summed E-state index contributed by atoms with van der Waals surface area (Å²) in [4.78, 5) is 36.1. The molecule has 0 aliphatic heterocycles. The van der Waals surface area contributed by atoms with E-state index in [9.17, 15) is 14.4 Å². The molecule has 160 valence electrons. The Hall–Kier alpha value is -4.07. The van der Waals surface area contributed by atoms with Crippen molar-refractivity contribution in [3.05, 3.63) is 83.8 Å². The number of benzene rings is 2. The van der Waals surface area contributed by atoms with Gasteiger partial charge in [0.2, 0.25) is 5.91 Å². The zero-order valence-corrected chi connectivity index (χ0v) is 17.1. The van der Waals surface area contributed by atoms with Gasteiger partial charge in [-0.1, -0.05) is 0 Å². The molecular weight excluding hydrogens is 396 g/mol. The molecule has 0 bridgehead atoms. The molecule has 0 spiro atoms. The minimum atomic E-state index is -0.231. The van der Waals surface area contributed by atoms with Gasteiger partial charge in [0.15, 0.2) is 0 Å². The smallest absolute Gasteiger partial charge is 0.251 e. The van der Waals surface area contributed by atoms with E-state index in [2.05, 4.69) is 21.3 Å². The fourth-order valence-electron chi connectivity index (χ4n) is 2.78. The Morgan fingerprint density at radius 1 is 0.806 bits per heavy atom. The van der Waals surface area contributed by atoms with E-state index in [4.69, 9.17) is 4.42 Å². The van der Waals surface area contributed by atoms with E-state index in [0.29, 0.717) is 41.4 Å². The van der Waals surface area contributed by atoms with Crippen LogP contribution in [-0.2, 0) is 11.3 Å². The molecule has 0 aliphatic carbocycles. The molecule has 1 heterocycles. The Kier molecular flexibility index (Phi) is 7.42. The number of rotatable bonds is 9. The van der Waals surface area contributed by atoms with Gasteiger partial charge >= 0.3 is 0 Å². The van der Waals surface area contributed by atoms with E-state index in [1.807, 2.05) is 6.92 Å². The minimum absolute atomic E-state index is 0.0576. The highest BCUT2D eigenvalue weighted by Gasteiger charge is 2.08. The second kappa shape index (κ2) is 10.6. The van der Waals surface area contributed by atoms with E-state index in [1.54, 1.807) is 66.9 Å². The van der Waals surface area contributed by atoms with Crippen LogP contribution in [0, 0.1) is 0 Å². The van der Waals surface area contributed by atoms with Crippen molar-refractivity contribution in [3.8, 4) is 0 Å². The van der Waals surface area contributed by atoms with Gasteiger partial charge in [-0.15, -0.1) is 0 Å². The summed E-state index contributed by atoms with van der Waals surface area (Å²) in [6.45, 7) is 2.78. The molecule has 0 saturated carbocycles. The third-order valence-electron chi connectivity index (χ3n) is 4.37. The largest absolute Gasteiger partial charge is 0.467 e. The molecule has 0 radical (unpaired) electrons. The fourth-order valence-corrected chi connectivity index (χ4v) is 2.78. The van der Waals surface area contributed by atoms with Gasteiger partial charge in [0.1, 0.15) is 5.76 Å². The number of hydrogen-bond donors (Lipinski definition) is 4. The normalized spacial score (nSPS) is 10.2. The SMILES string of the molecule is CCNC(=O)c1ccc(NC(=O)CNc2ccc(C(=O)NCc3ccco3)cc2)cc1. The molecule has 2 aromatic carbocycles. The van der Waals surface area contributed by atoms with Crippen LogP contribution < -0.4 is 21.3 Å². The predicted octanol–water partition coefficient (Wildman–Crippen LogP) is 3.01. The standard InChI is InChI=1S/C23H24N4O4/c1-2-24-22(29)16-7-11-19(12-8-16)27-21(28)15-25-18-9-5-17(6-10-18)23(30)26-14-20-4-3-13-31-20/h3-13,25H,2,14-15H2,1H3,(H,24,29)(H,26,30)(H,27,28). The molecule has 8 nitrogen and oxygen atoms in total. The van der Waals surface area contributed by atoms with E-state index < -0.39 is 0 Å². The van der Waals surface area contributed by atoms with Crippen molar-refractivity contribution in [2.24, 2.45) is 0 Å². The second-order valence-electron chi connectivity index (χ2n) is 6.68. The molecule has 3 amide bonds. The lowest BCUT2D eigenvalue weighted by molar-refractivity contribution is -0.114. The fraction of sp³-hybridized carbons (Fsp3) is 0.174. The van der Waals surface area contributed by atoms with Crippen LogP contribution in [0.2, 0.25) is 0 Å². The molecule has 0 unspecified atom stereocenters. The molecule has 1 aromatic heterocycles. The molecule has 0 saturated heterocycles. The molecule has 31 heavy (non-hydrogen) atoms. The highest BCUT2D eigenvalue weighted by atomic mass is 16.3. The average Bonchev–Trinajstić information content (AvgIpc) is 3.31. The van der Waals surface area contributed by atoms with E-state index in [0.717, 1.165) is 0 Å². The number of anilines is 2. The van der Waals surface area contributed by atoms with Crippen molar-refractivity contribution in [3.63, 3.8) is 0 Å². The van der Waals surface area contributed by atoms with Gasteiger partial charge in [-0.05, 0) is 67.6 Å². The number of carbonyl (C=O) groups is 3. The van der Waals surface area contributed by atoms with Crippen molar-refractivity contribution < 1.29 is 18.8 Å². The monoisotopic (exact) mass is 420 g/mol. The molecule has 3 aromatic rings. The van der Waals surface area contributed by atoms with Crippen LogP contribution in [0.1, 0.15) is 33.4 Å². The maximum atomic E-state index is 12.2. The van der Waals surface area contributed by atoms with Crippen molar-refractivity contribution in [2.75, 3.05) is 23.7 Å². The van der Waals surface area contributed by atoms with Crippen LogP contribution >= 0.6 is 0 Å². The van der Waals surface area contributed by atoms with Crippen LogP contribution in [0.5, 0.6) is 0 Å². The second-order valence-corrected chi connectivity index (χ2v) is 6.68. The van der Waals surface area contributed by atoms with Gasteiger partial charge in [0.05, 0.1) is 19.4 Å². The third kappa shape index (κ3) is 6.46. The molecule has 0 fully saturated rings. The summed E-state index contributed by atoms with van der Waals surface area (Å²) in [7, 11) is 0. The summed E-state index contributed by atoms with van der Waals surface area (Å²) < 4.78 is 5.18. The van der Waals surface area contributed by atoms with Gasteiger partial charge in [0, 0.05) is 29.0 Å². The van der Waals surface area contributed by atoms with Crippen LogP contribution in [0.3, 0.4) is 0 Å². The Balaban J connectivity index is 1.44. The first kappa shape index (κ1) is 21.6. The van der Waals surface area contributed by atoms with Crippen LogP contribution in [0.25, 0.3) is 0 Å². The molecule has 4 N–H and O–H groups in total. The number of nitrogens with one attached hydrogen (secondary N) is 4. The van der Waals surface area contributed by atoms with Crippen LogP contribution in [0.15, 0.2) is 71.3 Å². The summed E-state index contributed by atoms with van der Waals surface area (Å²) in [6, 6.07) is 17.0. The van der Waals surface area contributed by atoms with Crippen molar-refractivity contribution in [1.82, 2.24) is 10.6 Å². The Morgan fingerprint density at radius 2 is 1.42 bits per heavy atom. The molecule has 8 heteroatoms. The summed E-state index contributed by atoms with van der Waals surface area (Å²) >= 11 is 0. The number of amides is 3. The first-order valence-electron chi connectivity index (χ1n) is 9.88. The van der Waals surface area contributed by atoms with E-state index >= 15 is 0 Å². The van der Waals surface area contributed by atoms with Crippen molar-refractivity contribution in [1.29, 1.82) is 0 Å². The van der Waals surface area contributed by atoms with E-state index in [1.165, 1.54) is 0 Å². The molecular formula is C23H24N4O4. The minimum Gasteiger partial charge on any atom is -0.467 e. The van der Waals surface area contributed by atoms with Crippen molar-refractivity contribution in [2.45, 2.75) is 13.5 Å². The highest BCUT2D eigenvalue weighted by molar-refractivity contribution is 5.97. The first-order valence-corrected chi connectivity index (χ1v) is 9.88.